The van der Waals surface area contributed by atoms with E-state index in [9.17, 15) is 8.22 Å². The summed E-state index contributed by atoms with van der Waals surface area (Å²) in [5.41, 5.74) is 13.0. The van der Waals surface area contributed by atoms with Crippen molar-refractivity contribution < 1.29 is 19.8 Å². The highest BCUT2D eigenvalue weighted by Crippen LogP contribution is 2.54. The van der Waals surface area contributed by atoms with Crippen LogP contribution in [0.25, 0.3) is 72.1 Å². The highest BCUT2D eigenvalue weighted by molar-refractivity contribution is 6.09. The maximum Gasteiger partial charge on any atom is 0.137 e. The number of hydrogen-bond acceptors (Lipinski definition) is 4. The molecule has 0 radical (unpaired) electrons. The monoisotopic (exact) mass is 1140 g/mol. The summed E-state index contributed by atoms with van der Waals surface area (Å²) in [4.78, 5) is 9.50. The molecule has 9 aromatic carbocycles. The highest BCUT2D eigenvalue weighted by Gasteiger charge is 2.39. The standard InChI is InChI=1S/C81H82N4O/c1-52-41-74(82-50-68(52)65-32-24-33-69-75(65)81(13,14)40-39-80(69,11)12)85-70-34-19-18-31-63(70)64-38-37-62(49-73(64)85)86-61-30-23-29-60(48-61)83-51-84(72-36-21-20-35-71(72)83)76-66(55-28-22-27-54(42-55)53-25-16-15-17-26-53)46-59(79(8,9)10)47-67(76)56-43-57(77(2,3)4)45-58(44-56)78(5,6)7/h15-38,41-50H,39-40,51H2,1-14H3/i1D3,18D,19D,22D,27D,28D,31D,34D,42D. The first kappa shape index (κ1) is 44.8. The van der Waals surface area contributed by atoms with Crippen molar-refractivity contribution in [3.05, 3.63) is 240 Å². The van der Waals surface area contributed by atoms with Crippen LogP contribution in [0.5, 0.6) is 11.5 Å². The average Bonchev–Trinajstić information content (AvgIpc) is 1.69. The summed E-state index contributed by atoms with van der Waals surface area (Å²) >= 11 is 0. The average molecular weight is 1140 g/mol. The van der Waals surface area contributed by atoms with Crippen molar-refractivity contribution >= 4 is 44.6 Å². The van der Waals surface area contributed by atoms with Crippen molar-refractivity contribution in [3.8, 4) is 61.8 Å². The van der Waals surface area contributed by atoms with E-state index in [0.29, 0.717) is 39.1 Å². The van der Waals surface area contributed by atoms with Crippen LogP contribution < -0.4 is 14.5 Å². The molecule has 86 heavy (non-hydrogen) atoms. The summed E-state index contributed by atoms with van der Waals surface area (Å²) in [6, 6.07) is 47.4. The molecule has 2 aliphatic rings. The number of nitrogens with zero attached hydrogens (tertiary/aromatic N) is 4. The molecule has 0 fully saturated rings. The normalized spacial score (nSPS) is 16.8. The molecule has 13 rings (SSSR count). The molecule has 1 aliphatic heterocycles. The molecule has 0 saturated heterocycles. The fraction of sp³-hybridized carbons (Fsp3) is 0.272. The van der Waals surface area contributed by atoms with Crippen molar-refractivity contribution in [1.82, 2.24) is 9.55 Å². The molecular formula is C81H82N4O. The van der Waals surface area contributed by atoms with E-state index in [1.807, 2.05) is 78.9 Å². The lowest BCUT2D eigenvalue weighted by atomic mass is 9.61. The minimum absolute atomic E-state index is 0.00598. The number of rotatable bonds is 9. The summed E-state index contributed by atoms with van der Waals surface area (Å²) < 4.78 is 111. The Labute approximate surface area is 526 Å². The van der Waals surface area contributed by atoms with E-state index < -0.39 is 24.4 Å². The minimum atomic E-state index is -2.62. The Kier molecular flexibility index (Phi) is 10.8. The quantitative estimate of drug-likeness (QED) is 0.144. The third kappa shape index (κ3) is 10.2. The van der Waals surface area contributed by atoms with Gasteiger partial charge in [0.15, 0.2) is 0 Å². The molecule has 0 spiro atoms. The van der Waals surface area contributed by atoms with Crippen LogP contribution >= 0.6 is 0 Å². The largest absolute Gasteiger partial charge is 0.457 e. The van der Waals surface area contributed by atoms with Gasteiger partial charge in [0, 0.05) is 55.6 Å². The van der Waals surface area contributed by atoms with Crippen LogP contribution in [0.2, 0.25) is 0 Å². The number of anilines is 4. The maximum absolute atomic E-state index is 10.2. The Balaban J connectivity index is 0.969. The predicted octanol–water partition coefficient (Wildman–Crippen LogP) is 22.4. The summed E-state index contributed by atoms with van der Waals surface area (Å²) in [7, 11) is 0. The zero-order valence-electron chi connectivity index (χ0n) is 62.8. The van der Waals surface area contributed by atoms with Gasteiger partial charge in [-0.3, -0.25) is 4.57 Å². The molecule has 0 atom stereocenters. The number of fused-ring (bicyclic) bond motifs is 5. The molecule has 0 bridgehead atoms. The Bertz CT molecular complexity index is 5010. The second-order valence-corrected chi connectivity index (χ2v) is 28.0. The molecule has 0 N–H and O–H groups in total. The maximum atomic E-state index is 10.2. The number of pyridine rings is 1. The molecular weight excluding hydrogens is 1040 g/mol. The third-order valence-corrected chi connectivity index (χ3v) is 17.9. The van der Waals surface area contributed by atoms with Gasteiger partial charge in [-0.2, -0.15) is 0 Å². The second-order valence-electron chi connectivity index (χ2n) is 28.0. The van der Waals surface area contributed by atoms with Gasteiger partial charge >= 0.3 is 0 Å². The zero-order valence-corrected chi connectivity index (χ0v) is 51.8. The van der Waals surface area contributed by atoms with E-state index >= 15 is 0 Å². The Morgan fingerprint density at radius 1 is 0.500 bits per heavy atom. The van der Waals surface area contributed by atoms with E-state index in [2.05, 4.69) is 148 Å². The Morgan fingerprint density at radius 3 is 1.86 bits per heavy atom. The Morgan fingerprint density at radius 2 is 1.14 bits per heavy atom. The van der Waals surface area contributed by atoms with Gasteiger partial charge in [-0.15, -0.1) is 0 Å². The molecule has 5 heteroatoms. The minimum Gasteiger partial charge on any atom is -0.457 e. The Hall–Kier alpha value is -8.67. The number of para-hydroxylation sites is 3. The summed E-state index contributed by atoms with van der Waals surface area (Å²) in [5.74, 6) is 1.01. The lowest BCUT2D eigenvalue weighted by molar-refractivity contribution is 0.333. The SMILES string of the molecule is [2H]c1c([2H])c(-c2ccccc2)c([2H])c(-c2cc(C(C)(C)C)cc(-c3cc(C(C)(C)C)cc(C(C)(C)C)c3)c2N2CN(c3cccc(Oc4ccc5c6c([2H])c([2H])c([2H])c([2H])c6n(-c6cc(C([2H])([2H])[2H])c(-c7cccc8c7C(C)(C)CCC8(C)C)cn6)c5c4)c3)c3ccccc32)c1[2H]. The first-order chi connectivity index (χ1) is 45.5. The van der Waals surface area contributed by atoms with Crippen LogP contribution in [0.4, 0.5) is 22.7 Å². The van der Waals surface area contributed by atoms with Crippen LogP contribution in [0.1, 0.15) is 151 Å². The zero-order chi connectivity index (χ0) is 69.7. The molecule has 1 aliphatic carbocycles. The number of ether oxygens (including phenoxy) is 1. The van der Waals surface area contributed by atoms with Gasteiger partial charge < -0.3 is 14.5 Å². The van der Waals surface area contributed by atoms with Crippen molar-refractivity contribution in [2.75, 3.05) is 16.5 Å². The van der Waals surface area contributed by atoms with E-state index in [0.717, 1.165) is 74.5 Å². The fourth-order valence-electron chi connectivity index (χ4n) is 12.9. The van der Waals surface area contributed by atoms with E-state index in [1.54, 1.807) is 35.0 Å². The lowest BCUT2D eigenvalue weighted by Crippen LogP contribution is -2.34. The van der Waals surface area contributed by atoms with Gasteiger partial charge in [0.2, 0.25) is 0 Å². The molecule has 0 saturated carbocycles. The fourth-order valence-corrected chi connectivity index (χ4v) is 12.9. The number of aromatic nitrogens is 2. The molecule has 5 nitrogen and oxygen atoms in total. The van der Waals surface area contributed by atoms with E-state index in [4.69, 9.17) is 16.6 Å². The lowest BCUT2D eigenvalue weighted by Gasteiger charge is -2.43. The van der Waals surface area contributed by atoms with Crippen molar-refractivity contribution in [2.24, 2.45) is 0 Å². The van der Waals surface area contributed by atoms with E-state index in [-0.39, 0.29) is 98.0 Å². The van der Waals surface area contributed by atoms with Crippen LogP contribution in [0.3, 0.4) is 0 Å². The van der Waals surface area contributed by atoms with Gasteiger partial charge in [0.05, 0.1) is 39.1 Å². The van der Waals surface area contributed by atoms with Gasteiger partial charge in [-0.1, -0.05) is 211 Å². The van der Waals surface area contributed by atoms with Crippen molar-refractivity contribution in [2.45, 2.75) is 137 Å². The van der Waals surface area contributed by atoms with Crippen LogP contribution in [-0.2, 0) is 27.1 Å². The van der Waals surface area contributed by atoms with Gasteiger partial charge in [-0.25, -0.2) is 4.98 Å². The molecule has 11 aromatic rings. The van der Waals surface area contributed by atoms with Crippen LogP contribution in [-0.4, -0.2) is 16.2 Å². The number of aryl methyl sites for hydroxylation is 1. The smallest absolute Gasteiger partial charge is 0.137 e. The topological polar surface area (TPSA) is 33.5 Å². The third-order valence-electron chi connectivity index (χ3n) is 17.9. The van der Waals surface area contributed by atoms with Gasteiger partial charge in [0.25, 0.3) is 0 Å². The summed E-state index contributed by atoms with van der Waals surface area (Å²) in [6.45, 7) is 26.4. The molecule has 0 amide bonds. The predicted molar refractivity (Wildman–Crippen MR) is 365 cm³/mol. The van der Waals surface area contributed by atoms with E-state index in [1.165, 1.54) is 5.56 Å². The van der Waals surface area contributed by atoms with Crippen LogP contribution in [0.15, 0.2) is 206 Å². The molecule has 0 unspecified atom stereocenters. The second kappa shape index (κ2) is 20.8. The molecule has 432 valence electrons. The summed E-state index contributed by atoms with van der Waals surface area (Å²) in [6.07, 6.45) is 3.50. The molecule has 2 aromatic heterocycles. The summed E-state index contributed by atoms with van der Waals surface area (Å²) in [5, 5.41) is 0.752. The molecule has 3 heterocycles. The van der Waals surface area contributed by atoms with Crippen molar-refractivity contribution in [1.29, 1.82) is 0 Å². The number of hydrogen-bond donors (Lipinski definition) is 0. The van der Waals surface area contributed by atoms with Gasteiger partial charge in [-0.05, 0) is 175 Å². The van der Waals surface area contributed by atoms with Crippen LogP contribution in [0, 0.1) is 6.85 Å². The first-order valence-electron chi connectivity index (χ1n) is 35.6. The highest BCUT2D eigenvalue weighted by atomic mass is 16.5. The van der Waals surface area contributed by atoms with Crippen molar-refractivity contribution in [3.63, 3.8) is 0 Å². The number of benzene rings is 9. The first-order valence-corrected chi connectivity index (χ1v) is 30.1. The van der Waals surface area contributed by atoms with Gasteiger partial charge in [0.1, 0.15) is 24.0 Å².